The van der Waals surface area contributed by atoms with Gasteiger partial charge >= 0.3 is 23.9 Å². The molecule has 0 N–H and O–H groups in total. The van der Waals surface area contributed by atoms with Crippen LogP contribution in [0.3, 0.4) is 0 Å². The fraction of sp³-hybridized carbons (Fsp3) is 0.303. The van der Waals surface area contributed by atoms with E-state index in [-0.39, 0.29) is 32.6 Å². The van der Waals surface area contributed by atoms with Crippen LogP contribution in [0.15, 0.2) is 73.7 Å². The van der Waals surface area contributed by atoms with E-state index in [2.05, 4.69) is 0 Å². The summed E-state index contributed by atoms with van der Waals surface area (Å²) in [6, 6.07) is 14.5. The zero-order valence-electron chi connectivity index (χ0n) is 26.6. The molecule has 0 aliphatic carbocycles. The van der Waals surface area contributed by atoms with Crippen molar-refractivity contribution in [2.45, 2.75) is 29.9 Å². The molecule has 3 aliphatic heterocycles. The molecule has 2 aromatic rings. The topological polar surface area (TPSA) is 135 Å². The summed E-state index contributed by atoms with van der Waals surface area (Å²) in [5.74, 6) is -3.30. The minimum absolute atomic E-state index is 0.0529. The number of ether oxygens (including phenoxy) is 5. The van der Waals surface area contributed by atoms with Crippen LogP contribution in [0.5, 0.6) is 5.75 Å². The molecule has 3 aliphatic rings. The number of para-hydroxylation sites is 1. The molecular formula is C33H31NO10S3. The van der Waals surface area contributed by atoms with Gasteiger partial charge < -0.3 is 23.7 Å². The molecule has 0 bridgehead atoms. The Balaban J connectivity index is 1.87. The number of hydrogen-bond acceptors (Lipinski definition) is 13. The van der Waals surface area contributed by atoms with Gasteiger partial charge in [0.2, 0.25) is 5.91 Å². The van der Waals surface area contributed by atoms with Crippen molar-refractivity contribution in [3.8, 4) is 5.75 Å². The van der Waals surface area contributed by atoms with Crippen LogP contribution in [0.25, 0.3) is 5.57 Å². The average Bonchev–Trinajstić information content (AvgIpc) is 3.46. The van der Waals surface area contributed by atoms with Crippen molar-refractivity contribution in [1.82, 2.24) is 0 Å². The number of fused-ring (bicyclic) bond motifs is 3. The summed E-state index contributed by atoms with van der Waals surface area (Å²) in [6.07, 6.45) is 0.0529. The average molecular weight is 698 g/mol. The van der Waals surface area contributed by atoms with Gasteiger partial charge in [0.1, 0.15) is 24.5 Å². The lowest BCUT2D eigenvalue weighted by atomic mass is 9.83. The molecule has 0 saturated carbocycles. The Morgan fingerprint density at radius 2 is 1.26 bits per heavy atom. The first-order chi connectivity index (χ1) is 22.4. The first-order valence-electron chi connectivity index (χ1n) is 14.1. The summed E-state index contributed by atoms with van der Waals surface area (Å²) in [5, 5.41) is 0. The van der Waals surface area contributed by atoms with Crippen LogP contribution in [0.2, 0.25) is 0 Å². The summed E-state index contributed by atoms with van der Waals surface area (Å²) < 4.78 is 24.6. The number of carbonyl (C=O) groups excluding carboxylic acids is 5. The predicted octanol–water partition coefficient (Wildman–Crippen LogP) is 4.86. The third kappa shape index (κ3) is 5.51. The van der Waals surface area contributed by atoms with E-state index in [4.69, 9.17) is 23.7 Å². The molecule has 246 valence electrons. The summed E-state index contributed by atoms with van der Waals surface area (Å²) in [6.45, 7) is 3.64. The van der Waals surface area contributed by atoms with Gasteiger partial charge in [-0.15, -0.1) is 0 Å². The normalized spacial score (nSPS) is 17.6. The highest BCUT2D eigenvalue weighted by Gasteiger charge is 2.62. The quantitative estimate of drug-likeness (QED) is 0.288. The first-order valence-corrected chi connectivity index (χ1v) is 16.5. The molecule has 14 heteroatoms. The number of rotatable bonds is 7. The zero-order valence-corrected chi connectivity index (χ0v) is 29.0. The molecule has 0 atom stereocenters. The lowest BCUT2D eigenvalue weighted by Crippen LogP contribution is -2.54. The number of esters is 4. The molecule has 2 aromatic carbocycles. The maximum absolute atomic E-state index is 14.4. The molecule has 0 fully saturated rings. The highest BCUT2D eigenvalue weighted by atomic mass is 32.2. The molecule has 47 heavy (non-hydrogen) atoms. The van der Waals surface area contributed by atoms with E-state index in [1.54, 1.807) is 23.1 Å². The maximum atomic E-state index is 14.4. The van der Waals surface area contributed by atoms with E-state index in [1.165, 1.54) is 35.5 Å². The molecule has 0 saturated heterocycles. The summed E-state index contributed by atoms with van der Waals surface area (Å²) in [5.41, 5.74) is 0.818. The van der Waals surface area contributed by atoms with Crippen molar-refractivity contribution in [2.24, 2.45) is 0 Å². The van der Waals surface area contributed by atoms with Crippen LogP contribution >= 0.6 is 35.3 Å². The van der Waals surface area contributed by atoms with Gasteiger partial charge in [-0.05, 0) is 25.5 Å². The maximum Gasteiger partial charge on any atom is 0.345 e. The van der Waals surface area contributed by atoms with E-state index >= 15 is 0 Å². The SMILES string of the molecule is COC(=O)C1=C(C(=O)OC)SC2(S1)C(C(=O)OC)=C(C(=O)OC)SC1=C2c2cccc(OC)c2N(C(=O)Cc2ccccc2)C1(C)C. The number of carbonyl (C=O) groups is 5. The minimum Gasteiger partial charge on any atom is -0.495 e. The Bertz CT molecular complexity index is 1770. The Morgan fingerprint density at radius 3 is 1.79 bits per heavy atom. The van der Waals surface area contributed by atoms with Gasteiger partial charge in [0.25, 0.3) is 0 Å². The van der Waals surface area contributed by atoms with Gasteiger partial charge in [-0.3, -0.25) is 9.69 Å². The second-order valence-electron chi connectivity index (χ2n) is 10.8. The number of amides is 1. The summed E-state index contributed by atoms with van der Waals surface area (Å²) in [4.78, 5) is 69.9. The second-order valence-corrected chi connectivity index (χ2v) is 14.5. The third-order valence-corrected chi connectivity index (χ3v) is 12.4. The van der Waals surface area contributed by atoms with E-state index in [1.807, 2.05) is 44.2 Å². The molecule has 0 radical (unpaired) electrons. The lowest BCUT2D eigenvalue weighted by molar-refractivity contribution is -0.138. The summed E-state index contributed by atoms with van der Waals surface area (Å²) >= 11 is 2.70. The lowest BCUT2D eigenvalue weighted by Gasteiger charge is -2.51. The van der Waals surface area contributed by atoms with Gasteiger partial charge in [0.05, 0.1) is 58.8 Å². The molecule has 0 unspecified atom stereocenters. The van der Waals surface area contributed by atoms with E-state index in [0.717, 1.165) is 40.8 Å². The Labute approximate surface area is 284 Å². The van der Waals surface area contributed by atoms with Gasteiger partial charge in [-0.2, -0.15) is 0 Å². The highest BCUT2D eigenvalue weighted by Crippen LogP contribution is 2.71. The number of nitrogens with zero attached hydrogens (tertiary/aromatic N) is 1. The van der Waals surface area contributed by atoms with Crippen LogP contribution in [-0.2, 0) is 49.3 Å². The third-order valence-electron chi connectivity index (χ3n) is 7.79. The van der Waals surface area contributed by atoms with Gasteiger partial charge in [-0.25, -0.2) is 19.2 Å². The van der Waals surface area contributed by atoms with Crippen molar-refractivity contribution in [3.63, 3.8) is 0 Å². The number of benzene rings is 2. The van der Waals surface area contributed by atoms with Crippen molar-refractivity contribution in [2.75, 3.05) is 40.4 Å². The zero-order chi connectivity index (χ0) is 34.3. The van der Waals surface area contributed by atoms with Crippen LogP contribution < -0.4 is 9.64 Å². The number of methoxy groups -OCH3 is 5. The predicted molar refractivity (Wildman–Crippen MR) is 179 cm³/mol. The monoisotopic (exact) mass is 697 g/mol. The van der Waals surface area contributed by atoms with Crippen LogP contribution in [-0.4, -0.2) is 75.0 Å². The smallest absolute Gasteiger partial charge is 0.345 e. The minimum atomic E-state index is -1.68. The molecule has 3 heterocycles. The second kappa shape index (κ2) is 13.2. The Hall–Kier alpha value is -4.14. The van der Waals surface area contributed by atoms with Gasteiger partial charge in [0, 0.05) is 16.0 Å². The van der Waals surface area contributed by atoms with E-state index < -0.39 is 33.5 Å². The van der Waals surface area contributed by atoms with Crippen molar-refractivity contribution in [1.29, 1.82) is 0 Å². The molecule has 5 rings (SSSR count). The van der Waals surface area contributed by atoms with Crippen molar-refractivity contribution >= 4 is 76.3 Å². The van der Waals surface area contributed by atoms with Gasteiger partial charge in [0.15, 0.2) is 0 Å². The van der Waals surface area contributed by atoms with Crippen LogP contribution in [0, 0.1) is 0 Å². The van der Waals surface area contributed by atoms with E-state index in [0.29, 0.717) is 27.5 Å². The fourth-order valence-electron chi connectivity index (χ4n) is 5.77. The number of anilines is 1. The molecule has 0 aromatic heterocycles. The molecular weight excluding hydrogens is 667 g/mol. The van der Waals surface area contributed by atoms with Crippen molar-refractivity contribution < 1.29 is 47.7 Å². The number of hydrogen-bond donors (Lipinski definition) is 0. The molecule has 1 spiro atoms. The Kier molecular flexibility index (Phi) is 9.58. The van der Waals surface area contributed by atoms with Crippen molar-refractivity contribution in [3.05, 3.63) is 84.9 Å². The summed E-state index contributed by atoms with van der Waals surface area (Å²) in [7, 11) is 6.16. The first kappa shape index (κ1) is 34.2. The van der Waals surface area contributed by atoms with Gasteiger partial charge in [-0.1, -0.05) is 77.8 Å². The number of thioether (sulfide) groups is 3. The Morgan fingerprint density at radius 1 is 0.702 bits per heavy atom. The molecule has 1 amide bonds. The van der Waals surface area contributed by atoms with Crippen LogP contribution in [0.1, 0.15) is 25.0 Å². The largest absolute Gasteiger partial charge is 0.495 e. The highest BCUT2D eigenvalue weighted by molar-refractivity contribution is 8.26. The molecule has 11 nitrogen and oxygen atoms in total. The standard InChI is InChI=1S/C33H31NO10S3/c1-32(2)27-21(18-14-11-15-19(40-3)23(18)34(32)20(35)16-17-12-9-8-10-13-17)33(22(28(36)41-4)24(45-27)29(37)42-5)46-25(30(38)43-6)26(47-33)31(39)44-7/h8-15H,16H2,1-7H3. The van der Waals surface area contributed by atoms with Crippen LogP contribution in [0.4, 0.5) is 5.69 Å². The fourth-order valence-corrected chi connectivity index (χ4v) is 10.8. The van der Waals surface area contributed by atoms with E-state index in [9.17, 15) is 24.0 Å².